The summed E-state index contributed by atoms with van der Waals surface area (Å²) in [7, 11) is 0. The van der Waals surface area contributed by atoms with Crippen molar-refractivity contribution < 1.29 is 22.8 Å². The van der Waals surface area contributed by atoms with Crippen LogP contribution in [0.2, 0.25) is 0 Å². The topological polar surface area (TPSA) is 127 Å². The van der Waals surface area contributed by atoms with Gasteiger partial charge in [0.25, 0.3) is 5.91 Å². The molecule has 4 aromatic rings. The van der Waals surface area contributed by atoms with Crippen molar-refractivity contribution in [3.05, 3.63) is 88.5 Å². The molecule has 8 nitrogen and oxygen atoms in total. The number of alkyl halides is 3. The summed E-state index contributed by atoms with van der Waals surface area (Å²) in [6.45, 7) is 1.27. The minimum absolute atomic E-state index is 0.00839. The number of aromatic nitrogens is 3. The Bertz CT molecular complexity index is 1500. The van der Waals surface area contributed by atoms with Gasteiger partial charge in [0.2, 0.25) is 5.91 Å². The molecule has 0 bridgehead atoms. The van der Waals surface area contributed by atoms with E-state index in [1.165, 1.54) is 37.4 Å². The van der Waals surface area contributed by atoms with Gasteiger partial charge in [-0.3, -0.25) is 19.3 Å². The molecule has 0 aliphatic rings. The van der Waals surface area contributed by atoms with Gasteiger partial charge < -0.3 is 11.1 Å². The fraction of sp³-hybridized carbons (Fsp3) is 0.125. The van der Waals surface area contributed by atoms with Crippen LogP contribution in [0.5, 0.6) is 0 Å². The number of nitrogens with one attached hydrogen (secondary N) is 1. The fourth-order valence-corrected chi connectivity index (χ4v) is 3.61. The molecule has 0 radical (unpaired) electrons. The first-order valence-corrected chi connectivity index (χ1v) is 10.2. The monoisotopic (exact) mass is 478 g/mol. The third kappa shape index (κ3) is 4.67. The van der Waals surface area contributed by atoms with Crippen molar-refractivity contribution in [2.75, 3.05) is 5.32 Å². The van der Waals surface area contributed by atoms with Crippen LogP contribution in [0.4, 0.5) is 18.9 Å². The highest BCUT2D eigenvalue weighted by Crippen LogP contribution is 2.36. The van der Waals surface area contributed by atoms with Crippen LogP contribution >= 0.6 is 0 Å². The van der Waals surface area contributed by atoms with Gasteiger partial charge in [-0.2, -0.15) is 23.5 Å². The lowest BCUT2D eigenvalue weighted by molar-refractivity contribution is -0.140. The molecular weight excluding hydrogens is 461 g/mol. The van der Waals surface area contributed by atoms with Crippen molar-refractivity contribution in [2.24, 2.45) is 5.73 Å². The van der Waals surface area contributed by atoms with Gasteiger partial charge in [-0.05, 0) is 42.0 Å². The molecule has 0 atom stereocenters. The minimum atomic E-state index is -4.85. The van der Waals surface area contributed by atoms with Crippen LogP contribution in [0.25, 0.3) is 10.8 Å². The number of pyridine rings is 1. The Morgan fingerprint density at radius 1 is 1.17 bits per heavy atom. The molecule has 4 rings (SSSR count). The molecule has 0 saturated carbocycles. The maximum Gasteiger partial charge on any atom is 0.437 e. The van der Waals surface area contributed by atoms with E-state index < -0.39 is 29.4 Å². The summed E-state index contributed by atoms with van der Waals surface area (Å²) in [6.07, 6.45) is -3.55. The molecule has 2 amide bonds. The van der Waals surface area contributed by atoms with Crippen molar-refractivity contribution in [3.63, 3.8) is 0 Å². The third-order valence-corrected chi connectivity index (χ3v) is 5.37. The molecule has 35 heavy (non-hydrogen) atoms. The Morgan fingerprint density at radius 2 is 1.91 bits per heavy atom. The molecule has 0 unspecified atom stereocenters. The van der Waals surface area contributed by atoms with E-state index in [0.717, 1.165) is 4.68 Å². The Morgan fingerprint density at radius 3 is 2.54 bits per heavy atom. The molecular formula is C24H17F3N6O2. The number of hydrogen-bond donors (Lipinski definition) is 2. The van der Waals surface area contributed by atoms with Gasteiger partial charge in [-0.25, -0.2) is 0 Å². The van der Waals surface area contributed by atoms with E-state index in [-0.39, 0.29) is 23.4 Å². The normalized spacial score (nSPS) is 11.3. The molecule has 0 saturated heterocycles. The quantitative estimate of drug-likeness (QED) is 0.448. The highest BCUT2D eigenvalue weighted by atomic mass is 19.4. The van der Waals surface area contributed by atoms with Crippen LogP contribution in [0.3, 0.4) is 0 Å². The largest absolute Gasteiger partial charge is 0.437 e. The molecule has 0 aliphatic heterocycles. The predicted molar refractivity (Wildman–Crippen MR) is 120 cm³/mol. The van der Waals surface area contributed by atoms with E-state index in [2.05, 4.69) is 15.4 Å². The molecule has 11 heteroatoms. The molecule has 0 fully saturated rings. The first-order valence-electron chi connectivity index (χ1n) is 10.2. The van der Waals surface area contributed by atoms with E-state index in [1.54, 1.807) is 24.3 Å². The molecule has 0 aliphatic carbocycles. The number of benzene rings is 2. The van der Waals surface area contributed by atoms with Crippen LogP contribution < -0.4 is 11.1 Å². The summed E-state index contributed by atoms with van der Waals surface area (Å²) in [5.74, 6) is -1.63. The predicted octanol–water partition coefficient (Wildman–Crippen LogP) is 4.03. The van der Waals surface area contributed by atoms with E-state index in [9.17, 15) is 22.8 Å². The van der Waals surface area contributed by atoms with Gasteiger partial charge in [0.15, 0.2) is 5.69 Å². The van der Waals surface area contributed by atoms with Crippen molar-refractivity contribution in [1.82, 2.24) is 14.8 Å². The number of nitrogens with two attached hydrogens (primary N) is 1. The number of carbonyl (C=O) groups excluding carboxylic acids is 2. The summed E-state index contributed by atoms with van der Waals surface area (Å²) in [4.78, 5) is 29.0. The zero-order valence-corrected chi connectivity index (χ0v) is 18.2. The fourth-order valence-electron chi connectivity index (χ4n) is 3.61. The van der Waals surface area contributed by atoms with Crippen LogP contribution in [0.1, 0.15) is 43.4 Å². The Labute approximate surface area is 196 Å². The zero-order chi connectivity index (χ0) is 25.3. The lowest BCUT2D eigenvalue weighted by atomic mass is 10.00. The zero-order valence-electron chi connectivity index (χ0n) is 18.2. The van der Waals surface area contributed by atoms with Crippen LogP contribution in [0, 0.1) is 18.3 Å². The first-order chi connectivity index (χ1) is 16.6. The summed E-state index contributed by atoms with van der Waals surface area (Å²) in [6, 6.07) is 14.3. The second kappa shape index (κ2) is 8.90. The van der Waals surface area contributed by atoms with Crippen LogP contribution in [-0.4, -0.2) is 26.6 Å². The number of halogens is 3. The molecule has 2 aromatic heterocycles. The van der Waals surface area contributed by atoms with Crippen molar-refractivity contribution >= 4 is 28.3 Å². The first kappa shape index (κ1) is 23.4. The number of fused-ring (bicyclic) bond motifs is 1. The molecule has 0 spiro atoms. The Hall–Kier alpha value is -4.72. The van der Waals surface area contributed by atoms with E-state index >= 15 is 0 Å². The summed E-state index contributed by atoms with van der Waals surface area (Å²) in [5, 5.41) is 15.9. The smallest absolute Gasteiger partial charge is 0.366 e. The molecule has 176 valence electrons. The van der Waals surface area contributed by atoms with E-state index in [1.807, 2.05) is 6.07 Å². The standard InChI is InChI=1S/C24H17F3N6O2/c1-13-20(21(24(25,26)27)32-33(13)12-17-7-6-14(10-28)11-30-17)31-23(35)19-9-16(22(29)34)8-15-4-2-3-5-18(15)19/h2-9,11H,12H2,1H3,(H2,29,34)(H,31,35). The lowest BCUT2D eigenvalue weighted by Gasteiger charge is -2.12. The number of rotatable bonds is 5. The van der Waals surface area contributed by atoms with Crippen LogP contribution in [0.15, 0.2) is 54.7 Å². The molecule has 2 aromatic carbocycles. The van der Waals surface area contributed by atoms with Crippen molar-refractivity contribution in [3.8, 4) is 6.07 Å². The SMILES string of the molecule is Cc1c(NC(=O)c2cc(C(N)=O)cc3ccccc23)c(C(F)(F)F)nn1Cc1ccc(C#N)cn1. The van der Waals surface area contributed by atoms with Gasteiger partial charge in [0.1, 0.15) is 6.07 Å². The lowest BCUT2D eigenvalue weighted by Crippen LogP contribution is -2.18. The number of amides is 2. The van der Waals surface area contributed by atoms with Gasteiger partial charge in [-0.15, -0.1) is 0 Å². The summed E-state index contributed by atoms with van der Waals surface area (Å²) in [5.41, 5.74) is 4.36. The second-order valence-corrected chi connectivity index (χ2v) is 7.68. The number of carbonyl (C=O) groups is 2. The number of nitrogens with zero attached hydrogens (tertiary/aromatic N) is 4. The Balaban J connectivity index is 1.75. The number of hydrogen-bond acceptors (Lipinski definition) is 5. The number of nitriles is 1. The average molecular weight is 478 g/mol. The van der Waals surface area contributed by atoms with Crippen molar-refractivity contribution in [2.45, 2.75) is 19.6 Å². The van der Waals surface area contributed by atoms with Gasteiger partial charge in [0, 0.05) is 17.3 Å². The highest BCUT2D eigenvalue weighted by molar-refractivity contribution is 6.15. The van der Waals surface area contributed by atoms with Gasteiger partial charge in [-0.1, -0.05) is 24.3 Å². The summed E-state index contributed by atoms with van der Waals surface area (Å²) < 4.78 is 42.5. The van der Waals surface area contributed by atoms with Gasteiger partial charge >= 0.3 is 6.18 Å². The van der Waals surface area contributed by atoms with E-state index in [4.69, 9.17) is 11.0 Å². The van der Waals surface area contributed by atoms with E-state index in [0.29, 0.717) is 22.0 Å². The minimum Gasteiger partial charge on any atom is -0.366 e. The third-order valence-electron chi connectivity index (χ3n) is 5.37. The second-order valence-electron chi connectivity index (χ2n) is 7.68. The van der Waals surface area contributed by atoms with Gasteiger partial charge in [0.05, 0.1) is 29.2 Å². The maximum atomic E-state index is 13.8. The molecule has 2 heterocycles. The Kier molecular flexibility index (Phi) is 5.96. The highest BCUT2D eigenvalue weighted by Gasteiger charge is 2.39. The van der Waals surface area contributed by atoms with Crippen molar-refractivity contribution in [1.29, 1.82) is 5.26 Å². The van der Waals surface area contributed by atoms with Crippen LogP contribution in [-0.2, 0) is 12.7 Å². The summed E-state index contributed by atoms with van der Waals surface area (Å²) >= 11 is 0. The maximum absolute atomic E-state index is 13.8. The molecule has 3 N–H and O–H groups in total. The number of primary amides is 1. The average Bonchev–Trinajstić information content (AvgIpc) is 3.14. The number of anilines is 1.